The largest absolute Gasteiger partial charge is 0.295 e. The van der Waals surface area contributed by atoms with Crippen molar-refractivity contribution < 1.29 is 4.79 Å². The van der Waals surface area contributed by atoms with Crippen molar-refractivity contribution in [2.45, 2.75) is 30.4 Å². The molecule has 0 heterocycles. The van der Waals surface area contributed by atoms with Crippen molar-refractivity contribution in [2.24, 2.45) is 0 Å². The Kier molecular flexibility index (Phi) is 4.11. The van der Waals surface area contributed by atoms with Gasteiger partial charge in [-0.2, -0.15) is 0 Å². The molecule has 0 radical (unpaired) electrons. The zero-order valence-corrected chi connectivity index (χ0v) is 12.3. The SMILES string of the molecule is CC(=O)c1ccc(C(C)(C)Sc2ccccc2)cc1. The van der Waals surface area contributed by atoms with Crippen LogP contribution in [0.4, 0.5) is 0 Å². The Bertz CT molecular complexity index is 556. The summed E-state index contributed by atoms with van der Waals surface area (Å²) in [6.07, 6.45) is 0. The molecular formula is C17H18OS. The number of ketones is 1. The van der Waals surface area contributed by atoms with E-state index in [0.717, 1.165) is 5.56 Å². The summed E-state index contributed by atoms with van der Waals surface area (Å²) in [5, 5.41) is 0. The summed E-state index contributed by atoms with van der Waals surface area (Å²) in [5.74, 6) is 0.111. The van der Waals surface area contributed by atoms with Gasteiger partial charge < -0.3 is 0 Å². The first-order chi connectivity index (χ1) is 8.99. The van der Waals surface area contributed by atoms with Gasteiger partial charge >= 0.3 is 0 Å². The fraction of sp³-hybridized carbons (Fsp3) is 0.235. The summed E-state index contributed by atoms with van der Waals surface area (Å²) in [5.41, 5.74) is 2.00. The first-order valence-corrected chi connectivity index (χ1v) is 7.16. The molecule has 2 aromatic carbocycles. The smallest absolute Gasteiger partial charge is 0.159 e. The second-order valence-corrected chi connectivity index (χ2v) is 6.76. The number of carbonyl (C=O) groups is 1. The lowest BCUT2D eigenvalue weighted by atomic mass is 10.00. The number of thioether (sulfide) groups is 1. The third kappa shape index (κ3) is 3.48. The number of Topliss-reactive ketones (excluding diaryl/α,β-unsaturated/α-hetero) is 1. The minimum atomic E-state index is -0.0172. The normalized spacial score (nSPS) is 11.3. The second kappa shape index (κ2) is 5.62. The van der Waals surface area contributed by atoms with E-state index in [-0.39, 0.29) is 10.5 Å². The highest BCUT2D eigenvalue weighted by Crippen LogP contribution is 2.40. The van der Waals surface area contributed by atoms with E-state index in [1.807, 2.05) is 42.1 Å². The standard InChI is InChI=1S/C17H18OS/c1-13(18)14-9-11-15(12-10-14)17(2,3)19-16-7-5-4-6-8-16/h4-12H,1-3H3. The van der Waals surface area contributed by atoms with Gasteiger partial charge in [0.1, 0.15) is 0 Å². The topological polar surface area (TPSA) is 17.1 Å². The molecule has 0 spiro atoms. The van der Waals surface area contributed by atoms with Gasteiger partial charge in [0.15, 0.2) is 5.78 Å². The van der Waals surface area contributed by atoms with Gasteiger partial charge in [-0.15, -0.1) is 11.8 Å². The molecule has 0 aliphatic heterocycles. The van der Waals surface area contributed by atoms with E-state index in [2.05, 4.69) is 38.1 Å². The van der Waals surface area contributed by atoms with E-state index < -0.39 is 0 Å². The second-order valence-electron chi connectivity index (χ2n) is 5.06. The van der Waals surface area contributed by atoms with Crippen molar-refractivity contribution in [1.82, 2.24) is 0 Å². The van der Waals surface area contributed by atoms with E-state index >= 15 is 0 Å². The van der Waals surface area contributed by atoms with Crippen LogP contribution >= 0.6 is 11.8 Å². The van der Waals surface area contributed by atoms with Crippen LogP contribution in [0.1, 0.15) is 36.7 Å². The zero-order valence-electron chi connectivity index (χ0n) is 11.5. The van der Waals surface area contributed by atoms with Gasteiger partial charge in [-0.25, -0.2) is 0 Å². The Labute approximate surface area is 119 Å². The predicted molar refractivity (Wildman–Crippen MR) is 81.8 cm³/mol. The van der Waals surface area contributed by atoms with Crippen molar-refractivity contribution in [3.8, 4) is 0 Å². The van der Waals surface area contributed by atoms with Gasteiger partial charge in [0.05, 0.1) is 0 Å². The Balaban J connectivity index is 2.21. The van der Waals surface area contributed by atoms with Crippen LogP contribution in [0.15, 0.2) is 59.5 Å². The Hall–Kier alpha value is -1.54. The fourth-order valence-electron chi connectivity index (χ4n) is 1.95. The van der Waals surface area contributed by atoms with Crippen molar-refractivity contribution in [3.63, 3.8) is 0 Å². The van der Waals surface area contributed by atoms with Crippen molar-refractivity contribution in [3.05, 3.63) is 65.7 Å². The molecule has 0 aromatic heterocycles. The Morgan fingerprint density at radius 2 is 1.53 bits per heavy atom. The number of hydrogen-bond donors (Lipinski definition) is 0. The number of benzene rings is 2. The molecule has 0 saturated carbocycles. The molecule has 0 aliphatic carbocycles. The van der Waals surface area contributed by atoms with E-state index in [4.69, 9.17) is 0 Å². The molecule has 0 unspecified atom stereocenters. The van der Waals surface area contributed by atoms with Gasteiger partial charge in [0, 0.05) is 15.2 Å². The maximum absolute atomic E-state index is 11.3. The minimum absolute atomic E-state index is 0.0172. The molecule has 98 valence electrons. The van der Waals surface area contributed by atoms with Crippen LogP contribution in [0.2, 0.25) is 0 Å². The molecule has 0 amide bonds. The lowest BCUT2D eigenvalue weighted by Gasteiger charge is -2.25. The van der Waals surface area contributed by atoms with Crippen molar-refractivity contribution in [1.29, 1.82) is 0 Å². The van der Waals surface area contributed by atoms with Crippen molar-refractivity contribution >= 4 is 17.5 Å². The first-order valence-electron chi connectivity index (χ1n) is 6.34. The molecule has 2 rings (SSSR count). The molecule has 0 N–H and O–H groups in total. The molecule has 2 aromatic rings. The molecule has 1 nitrogen and oxygen atoms in total. The molecule has 0 atom stereocenters. The van der Waals surface area contributed by atoms with Crippen molar-refractivity contribution in [2.75, 3.05) is 0 Å². The summed E-state index contributed by atoms with van der Waals surface area (Å²) in [7, 11) is 0. The van der Waals surface area contributed by atoms with E-state index in [1.165, 1.54) is 10.5 Å². The van der Waals surface area contributed by atoms with E-state index in [9.17, 15) is 4.79 Å². The number of hydrogen-bond acceptors (Lipinski definition) is 2. The fourth-order valence-corrected chi connectivity index (χ4v) is 3.08. The maximum Gasteiger partial charge on any atom is 0.159 e. The summed E-state index contributed by atoms with van der Waals surface area (Å²) in [4.78, 5) is 12.5. The van der Waals surface area contributed by atoms with Gasteiger partial charge in [-0.1, -0.05) is 42.5 Å². The van der Waals surface area contributed by atoms with Crippen LogP contribution in [0.3, 0.4) is 0 Å². The molecule has 0 aliphatic rings. The van der Waals surface area contributed by atoms with Gasteiger partial charge in [-0.3, -0.25) is 4.79 Å². The molecule has 0 saturated heterocycles. The van der Waals surface area contributed by atoms with Gasteiger partial charge in [-0.05, 0) is 38.5 Å². The van der Waals surface area contributed by atoms with Gasteiger partial charge in [0.25, 0.3) is 0 Å². The summed E-state index contributed by atoms with van der Waals surface area (Å²) >= 11 is 1.83. The molecule has 0 bridgehead atoms. The van der Waals surface area contributed by atoms with Crippen LogP contribution in [-0.4, -0.2) is 5.78 Å². The van der Waals surface area contributed by atoms with Crippen LogP contribution < -0.4 is 0 Å². The molecule has 2 heteroatoms. The minimum Gasteiger partial charge on any atom is -0.295 e. The lowest BCUT2D eigenvalue weighted by molar-refractivity contribution is 0.101. The molecule has 0 fully saturated rings. The van der Waals surface area contributed by atoms with Crippen LogP contribution in [0, 0.1) is 0 Å². The third-order valence-electron chi connectivity index (χ3n) is 3.10. The van der Waals surface area contributed by atoms with Crippen LogP contribution in [0.25, 0.3) is 0 Å². The summed E-state index contributed by atoms with van der Waals surface area (Å²) < 4.78 is -0.0172. The van der Waals surface area contributed by atoms with Crippen LogP contribution in [0.5, 0.6) is 0 Å². The highest BCUT2D eigenvalue weighted by Gasteiger charge is 2.22. The first kappa shape index (κ1) is 13.9. The van der Waals surface area contributed by atoms with E-state index in [1.54, 1.807) is 6.92 Å². The number of carbonyl (C=O) groups excluding carboxylic acids is 1. The molecular weight excluding hydrogens is 252 g/mol. The van der Waals surface area contributed by atoms with E-state index in [0.29, 0.717) is 0 Å². The highest BCUT2D eigenvalue weighted by molar-refractivity contribution is 8.00. The van der Waals surface area contributed by atoms with Gasteiger partial charge in [0.2, 0.25) is 0 Å². The summed E-state index contributed by atoms with van der Waals surface area (Å²) in [6.45, 7) is 6.00. The monoisotopic (exact) mass is 270 g/mol. The number of rotatable bonds is 4. The zero-order chi connectivity index (χ0) is 13.9. The third-order valence-corrected chi connectivity index (χ3v) is 4.36. The van der Waals surface area contributed by atoms with Crippen LogP contribution in [-0.2, 0) is 4.75 Å². The average Bonchev–Trinajstić information content (AvgIpc) is 2.39. The predicted octanol–water partition coefficient (Wildman–Crippen LogP) is 4.92. The maximum atomic E-state index is 11.3. The summed E-state index contributed by atoms with van der Waals surface area (Å²) in [6, 6.07) is 18.3. The molecule has 19 heavy (non-hydrogen) atoms. The quantitative estimate of drug-likeness (QED) is 0.579. The average molecular weight is 270 g/mol. The lowest BCUT2D eigenvalue weighted by Crippen LogP contribution is -2.11. The Morgan fingerprint density at radius 3 is 2.05 bits per heavy atom. The Morgan fingerprint density at radius 1 is 0.947 bits per heavy atom. The highest BCUT2D eigenvalue weighted by atomic mass is 32.2.